The van der Waals surface area contributed by atoms with E-state index in [1.807, 2.05) is 11.0 Å². The summed E-state index contributed by atoms with van der Waals surface area (Å²) >= 11 is 0. The minimum Gasteiger partial charge on any atom is -0.393 e. The van der Waals surface area contributed by atoms with Crippen molar-refractivity contribution in [3.8, 4) is 0 Å². The molecule has 0 aliphatic carbocycles. The van der Waals surface area contributed by atoms with E-state index in [1.54, 1.807) is 25.4 Å². The van der Waals surface area contributed by atoms with Crippen LogP contribution in [0.1, 0.15) is 28.9 Å². The zero-order valence-corrected chi connectivity index (χ0v) is 13.6. The fourth-order valence-corrected chi connectivity index (χ4v) is 2.89. The predicted molar refractivity (Wildman–Crippen MR) is 88.2 cm³/mol. The number of benzene rings is 1. The van der Waals surface area contributed by atoms with Gasteiger partial charge in [-0.15, -0.1) is 0 Å². The van der Waals surface area contributed by atoms with E-state index in [9.17, 15) is 14.3 Å². The van der Waals surface area contributed by atoms with E-state index in [0.717, 1.165) is 0 Å². The highest BCUT2D eigenvalue weighted by Crippen LogP contribution is 2.24. The molecule has 0 saturated carbocycles. The van der Waals surface area contributed by atoms with Crippen molar-refractivity contribution in [2.45, 2.75) is 25.5 Å². The first-order valence-electron chi connectivity index (χ1n) is 8.02. The van der Waals surface area contributed by atoms with Crippen LogP contribution in [-0.2, 0) is 13.6 Å². The van der Waals surface area contributed by atoms with E-state index in [-0.39, 0.29) is 24.4 Å². The predicted octanol–water partition coefficient (Wildman–Crippen LogP) is 1.45. The summed E-state index contributed by atoms with van der Waals surface area (Å²) < 4.78 is 15.9. The maximum atomic E-state index is 14.4. The average Bonchev–Trinajstić information content (AvgIpc) is 3.00. The minimum absolute atomic E-state index is 0.246. The smallest absolute Gasteiger partial charge is 0.269 e. The molecular formula is C17H21FN4O2. The topological polar surface area (TPSA) is 70.4 Å². The first kappa shape index (κ1) is 16.4. The Kier molecular flexibility index (Phi) is 4.80. The quantitative estimate of drug-likeness (QED) is 0.889. The molecule has 128 valence electrons. The van der Waals surface area contributed by atoms with Gasteiger partial charge in [0.25, 0.3) is 5.91 Å². The van der Waals surface area contributed by atoms with Crippen molar-refractivity contribution in [2.24, 2.45) is 7.05 Å². The first-order valence-corrected chi connectivity index (χ1v) is 8.02. The summed E-state index contributed by atoms with van der Waals surface area (Å²) in [7, 11) is 1.69. The Hall–Kier alpha value is -2.41. The summed E-state index contributed by atoms with van der Waals surface area (Å²) in [5, 5.41) is 16.2. The van der Waals surface area contributed by atoms with Gasteiger partial charge < -0.3 is 15.3 Å². The van der Waals surface area contributed by atoms with E-state index in [1.165, 1.54) is 10.7 Å². The number of aliphatic hydroxyl groups excluding tert-OH is 1. The first-order chi connectivity index (χ1) is 11.5. The number of hydrogen-bond donors (Lipinski definition) is 2. The average molecular weight is 332 g/mol. The molecule has 0 spiro atoms. The number of carbonyl (C=O) groups is 1. The number of hydrogen-bond acceptors (Lipinski definition) is 4. The third kappa shape index (κ3) is 3.56. The molecule has 6 nitrogen and oxygen atoms in total. The van der Waals surface area contributed by atoms with E-state index in [2.05, 4.69) is 10.4 Å². The fraction of sp³-hybridized carbons (Fsp3) is 0.412. The maximum Gasteiger partial charge on any atom is 0.269 e. The van der Waals surface area contributed by atoms with Crippen LogP contribution in [0.3, 0.4) is 0 Å². The van der Waals surface area contributed by atoms with E-state index < -0.39 is 0 Å². The Morgan fingerprint density at radius 2 is 2.12 bits per heavy atom. The number of nitrogens with one attached hydrogen (secondary N) is 1. The fourth-order valence-electron chi connectivity index (χ4n) is 2.89. The third-order valence-corrected chi connectivity index (χ3v) is 4.32. The molecule has 1 saturated heterocycles. The second-order valence-electron chi connectivity index (χ2n) is 6.03. The summed E-state index contributed by atoms with van der Waals surface area (Å²) in [6.45, 7) is 1.54. The Labute approximate surface area is 139 Å². The number of anilines is 1. The lowest BCUT2D eigenvalue weighted by Gasteiger charge is -2.31. The van der Waals surface area contributed by atoms with E-state index >= 15 is 0 Å². The molecule has 1 aliphatic heterocycles. The molecule has 3 rings (SSSR count). The molecule has 2 aromatic rings. The molecular weight excluding hydrogens is 311 g/mol. The van der Waals surface area contributed by atoms with Crippen LogP contribution in [0.15, 0.2) is 30.5 Å². The normalized spacial score (nSPS) is 15.5. The van der Waals surface area contributed by atoms with Crippen LogP contribution in [0.25, 0.3) is 0 Å². The SMILES string of the molecule is Cn1nccc1C(=O)NCc1ccc(N2CCC(O)CC2)c(F)c1. The molecule has 0 unspecified atom stereocenters. The van der Waals surface area contributed by atoms with Gasteiger partial charge >= 0.3 is 0 Å². The molecule has 2 heterocycles. The van der Waals surface area contributed by atoms with Gasteiger partial charge in [-0.3, -0.25) is 9.48 Å². The molecule has 0 atom stereocenters. The molecule has 0 radical (unpaired) electrons. The number of amides is 1. The van der Waals surface area contributed by atoms with Crippen molar-refractivity contribution in [1.29, 1.82) is 0 Å². The molecule has 1 amide bonds. The second-order valence-corrected chi connectivity index (χ2v) is 6.03. The number of piperidine rings is 1. The van der Waals surface area contributed by atoms with Crippen LogP contribution in [0.4, 0.5) is 10.1 Å². The maximum absolute atomic E-state index is 14.4. The zero-order valence-electron chi connectivity index (χ0n) is 13.6. The van der Waals surface area contributed by atoms with Gasteiger partial charge in [0.15, 0.2) is 0 Å². The number of rotatable bonds is 4. The summed E-state index contributed by atoms with van der Waals surface area (Å²) in [6, 6.07) is 6.62. The highest BCUT2D eigenvalue weighted by Gasteiger charge is 2.19. The summed E-state index contributed by atoms with van der Waals surface area (Å²) in [6.07, 6.45) is 2.58. The van der Waals surface area contributed by atoms with Crippen LogP contribution < -0.4 is 10.2 Å². The van der Waals surface area contributed by atoms with Gasteiger partial charge in [0.05, 0.1) is 11.8 Å². The number of carbonyl (C=O) groups excluding carboxylic acids is 1. The van der Waals surface area contributed by atoms with Crippen molar-refractivity contribution >= 4 is 11.6 Å². The van der Waals surface area contributed by atoms with Gasteiger partial charge in [-0.1, -0.05) is 6.07 Å². The Morgan fingerprint density at radius 3 is 2.75 bits per heavy atom. The van der Waals surface area contributed by atoms with Crippen molar-refractivity contribution in [1.82, 2.24) is 15.1 Å². The van der Waals surface area contributed by atoms with Crippen molar-refractivity contribution in [3.63, 3.8) is 0 Å². The number of aliphatic hydroxyl groups is 1. The molecule has 0 bridgehead atoms. The lowest BCUT2D eigenvalue weighted by molar-refractivity contribution is 0.0941. The number of aryl methyl sites for hydroxylation is 1. The Balaban J connectivity index is 1.62. The molecule has 24 heavy (non-hydrogen) atoms. The van der Waals surface area contributed by atoms with Gasteiger partial charge in [-0.05, 0) is 36.6 Å². The highest BCUT2D eigenvalue weighted by molar-refractivity contribution is 5.92. The highest BCUT2D eigenvalue weighted by atomic mass is 19.1. The van der Waals surface area contributed by atoms with Crippen LogP contribution >= 0.6 is 0 Å². The molecule has 1 aromatic heterocycles. The largest absolute Gasteiger partial charge is 0.393 e. The van der Waals surface area contributed by atoms with Gasteiger partial charge in [-0.2, -0.15) is 5.10 Å². The van der Waals surface area contributed by atoms with Gasteiger partial charge in [0.1, 0.15) is 11.5 Å². The van der Waals surface area contributed by atoms with Crippen molar-refractivity contribution in [2.75, 3.05) is 18.0 Å². The van der Waals surface area contributed by atoms with Gasteiger partial charge in [0, 0.05) is 32.9 Å². The Bertz CT molecular complexity index is 723. The summed E-state index contributed by atoms with van der Waals surface area (Å²) in [4.78, 5) is 14.0. The minimum atomic E-state index is -0.307. The van der Waals surface area contributed by atoms with Crippen LogP contribution in [0, 0.1) is 5.82 Å². The van der Waals surface area contributed by atoms with Crippen molar-refractivity contribution < 1.29 is 14.3 Å². The number of halogens is 1. The molecule has 1 fully saturated rings. The number of nitrogens with zero attached hydrogens (tertiary/aromatic N) is 3. The van der Waals surface area contributed by atoms with E-state index in [0.29, 0.717) is 42.9 Å². The molecule has 2 N–H and O–H groups in total. The van der Waals surface area contributed by atoms with E-state index in [4.69, 9.17) is 0 Å². The van der Waals surface area contributed by atoms with Crippen LogP contribution in [-0.4, -0.2) is 40.0 Å². The second kappa shape index (κ2) is 7.00. The standard InChI is InChI=1S/C17H21FN4O2/c1-21-16(4-7-20-21)17(24)19-11-12-2-3-15(14(18)10-12)22-8-5-13(23)6-9-22/h2-4,7,10,13,23H,5-6,8-9,11H2,1H3,(H,19,24). The lowest BCUT2D eigenvalue weighted by atomic mass is 10.1. The third-order valence-electron chi connectivity index (χ3n) is 4.32. The van der Waals surface area contributed by atoms with Crippen LogP contribution in [0.5, 0.6) is 0 Å². The van der Waals surface area contributed by atoms with Crippen LogP contribution in [0.2, 0.25) is 0 Å². The Morgan fingerprint density at radius 1 is 1.38 bits per heavy atom. The molecule has 1 aromatic carbocycles. The monoisotopic (exact) mass is 332 g/mol. The summed E-state index contributed by atoms with van der Waals surface area (Å²) in [5.74, 6) is -0.553. The zero-order chi connectivity index (χ0) is 17.1. The number of aromatic nitrogens is 2. The molecule has 7 heteroatoms. The van der Waals surface area contributed by atoms with Gasteiger partial charge in [0.2, 0.25) is 0 Å². The van der Waals surface area contributed by atoms with Crippen molar-refractivity contribution in [3.05, 3.63) is 47.5 Å². The van der Waals surface area contributed by atoms with Gasteiger partial charge in [-0.25, -0.2) is 4.39 Å². The molecule has 1 aliphatic rings. The lowest BCUT2D eigenvalue weighted by Crippen LogP contribution is -2.36. The summed E-state index contributed by atoms with van der Waals surface area (Å²) in [5.41, 5.74) is 1.70.